The lowest BCUT2D eigenvalue weighted by Crippen LogP contribution is -2.54. The minimum atomic E-state index is 0.315. The smallest absolute Gasteiger partial charge is 0.0707 e. The van der Waals surface area contributed by atoms with Crippen molar-refractivity contribution in [1.82, 2.24) is 15.1 Å². The van der Waals surface area contributed by atoms with Crippen LogP contribution in [0.2, 0.25) is 0 Å². The average Bonchev–Trinajstić information content (AvgIpc) is 3.16. The quantitative estimate of drug-likeness (QED) is 0.835. The second-order valence-corrected chi connectivity index (χ2v) is 8.10. The fourth-order valence-corrected chi connectivity index (χ4v) is 3.54. The molecule has 4 nitrogen and oxygen atoms in total. The summed E-state index contributed by atoms with van der Waals surface area (Å²) in [7, 11) is 0. The van der Waals surface area contributed by atoms with Crippen LogP contribution >= 0.6 is 0 Å². The second-order valence-electron chi connectivity index (χ2n) is 8.10. The zero-order chi connectivity index (χ0) is 14.9. The summed E-state index contributed by atoms with van der Waals surface area (Å²) in [6.45, 7) is 14.0. The first-order valence-corrected chi connectivity index (χ1v) is 8.87. The number of nitrogens with one attached hydrogen (secondary N) is 1. The molecule has 0 aromatic heterocycles. The summed E-state index contributed by atoms with van der Waals surface area (Å²) in [4.78, 5) is 5.20. The van der Waals surface area contributed by atoms with Gasteiger partial charge in [0.2, 0.25) is 0 Å². The van der Waals surface area contributed by atoms with Gasteiger partial charge in [0.05, 0.1) is 12.2 Å². The third-order valence-corrected chi connectivity index (χ3v) is 5.19. The highest BCUT2D eigenvalue weighted by Crippen LogP contribution is 2.24. The van der Waals surface area contributed by atoms with Crippen molar-refractivity contribution in [3.8, 4) is 0 Å². The van der Waals surface area contributed by atoms with Gasteiger partial charge in [-0.05, 0) is 46.5 Å². The predicted molar refractivity (Wildman–Crippen MR) is 86.7 cm³/mol. The predicted octanol–water partition coefficient (Wildman–Crippen LogP) is 1.70. The molecule has 0 aromatic rings. The van der Waals surface area contributed by atoms with Gasteiger partial charge in [0, 0.05) is 50.8 Å². The summed E-state index contributed by atoms with van der Waals surface area (Å²) < 4.78 is 6.22. The molecular weight excluding hydrogens is 262 g/mol. The number of ether oxygens (including phenoxy) is 1. The minimum absolute atomic E-state index is 0.315. The van der Waals surface area contributed by atoms with Gasteiger partial charge >= 0.3 is 0 Å². The molecule has 1 aliphatic carbocycles. The molecule has 2 heterocycles. The summed E-state index contributed by atoms with van der Waals surface area (Å²) >= 11 is 0. The Morgan fingerprint density at radius 3 is 2.24 bits per heavy atom. The molecule has 0 radical (unpaired) electrons. The standard InChI is InChI=1S/C17H33N3O/c1-17(2,3)20-10-8-19(9-11-20)13-16-7-6-15(21-16)12-18-14-4-5-14/h14-16,18H,4-13H2,1-3H3. The van der Waals surface area contributed by atoms with E-state index in [9.17, 15) is 0 Å². The molecule has 3 fully saturated rings. The van der Waals surface area contributed by atoms with Crippen molar-refractivity contribution in [2.45, 2.75) is 70.2 Å². The number of hydrogen-bond acceptors (Lipinski definition) is 4. The Morgan fingerprint density at radius 2 is 1.62 bits per heavy atom. The van der Waals surface area contributed by atoms with E-state index in [1.807, 2.05) is 0 Å². The highest BCUT2D eigenvalue weighted by Gasteiger charge is 2.31. The maximum atomic E-state index is 6.22. The number of hydrogen-bond donors (Lipinski definition) is 1. The zero-order valence-corrected chi connectivity index (χ0v) is 14.1. The van der Waals surface area contributed by atoms with Gasteiger partial charge in [-0.15, -0.1) is 0 Å². The van der Waals surface area contributed by atoms with Crippen molar-refractivity contribution < 1.29 is 4.74 Å². The van der Waals surface area contributed by atoms with Gasteiger partial charge in [-0.2, -0.15) is 0 Å². The van der Waals surface area contributed by atoms with E-state index >= 15 is 0 Å². The number of nitrogens with zero attached hydrogens (tertiary/aromatic N) is 2. The molecule has 0 amide bonds. The molecule has 2 saturated heterocycles. The van der Waals surface area contributed by atoms with Crippen LogP contribution in [-0.4, -0.2) is 72.9 Å². The van der Waals surface area contributed by atoms with Crippen molar-refractivity contribution in [2.24, 2.45) is 0 Å². The van der Waals surface area contributed by atoms with Crippen molar-refractivity contribution in [2.75, 3.05) is 39.3 Å². The molecule has 122 valence electrons. The lowest BCUT2D eigenvalue weighted by atomic mass is 10.0. The Kier molecular flexibility index (Phi) is 4.89. The number of rotatable bonds is 5. The first-order chi connectivity index (χ1) is 10.0. The first kappa shape index (κ1) is 15.7. The lowest BCUT2D eigenvalue weighted by molar-refractivity contribution is 0.00178. The summed E-state index contributed by atoms with van der Waals surface area (Å²) in [5.74, 6) is 0. The largest absolute Gasteiger partial charge is 0.372 e. The van der Waals surface area contributed by atoms with Crippen LogP contribution in [0.5, 0.6) is 0 Å². The first-order valence-electron chi connectivity index (χ1n) is 8.87. The molecule has 0 aromatic carbocycles. The SMILES string of the molecule is CC(C)(C)N1CCN(CC2CCC(CNC3CC3)O2)CC1. The summed E-state index contributed by atoms with van der Waals surface area (Å²) in [6.07, 6.45) is 6.16. The molecule has 2 unspecified atom stereocenters. The fourth-order valence-electron chi connectivity index (χ4n) is 3.54. The molecule has 3 rings (SSSR count). The van der Waals surface area contributed by atoms with Crippen molar-refractivity contribution in [1.29, 1.82) is 0 Å². The van der Waals surface area contributed by atoms with Crippen LogP contribution in [0.25, 0.3) is 0 Å². The van der Waals surface area contributed by atoms with Crippen molar-refractivity contribution in [3.05, 3.63) is 0 Å². The van der Waals surface area contributed by atoms with Gasteiger partial charge in [0.1, 0.15) is 0 Å². The lowest BCUT2D eigenvalue weighted by Gasteiger charge is -2.42. The van der Waals surface area contributed by atoms with Gasteiger partial charge in [-0.1, -0.05) is 0 Å². The Hall–Kier alpha value is -0.160. The molecular formula is C17H33N3O. The maximum absolute atomic E-state index is 6.22. The van der Waals surface area contributed by atoms with Crippen LogP contribution < -0.4 is 5.32 Å². The molecule has 0 spiro atoms. The van der Waals surface area contributed by atoms with E-state index in [0.717, 1.165) is 19.1 Å². The average molecular weight is 295 g/mol. The van der Waals surface area contributed by atoms with Gasteiger partial charge < -0.3 is 10.1 Å². The van der Waals surface area contributed by atoms with Crippen molar-refractivity contribution >= 4 is 0 Å². The molecule has 2 aliphatic heterocycles. The fraction of sp³-hybridized carbons (Fsp3) is 1.00. The molecule has 4 heteroatoms. The minimum Gasteiger partial charge on any atom is -0.372 e. The third kappa shape index (κ3) is 4.65. The van der Waals surface area contributed by atoms with Crippen LogP contribution in [0.1, 0.15) is 46.5 Å². The van der Waals surface area contributed by atoms with Crippen LogP contribution in [0, 0.1) is 0 Å². The molecule has 1 N–H and O–H groups in total. The van der Waals surface area contributed by atoms with E-state index in [1.54, 1.807) is 0 Å². The van der Waals surface area contributed by atoms with E-state index < -0.39 is 0 Å². The van der Waals surface area contributed by atoms with Crippen LogP contribution in [0.3, 0.4) is 0 Å². The van der Waals surface area contributed by atoms with E-state index in [2.05, 4.69) is 35.9 Å². The normalized spacial score (nSPS) is 32.7. The third-order valence-electron chi connectivity index (χ3n) is 5.19. The monoisotopic (exact) mass is 295 g/mol. The van der Waals surface area contributed by atoms with E-state index in [4.69, 9.17) is 4.74 Å². The molecule has 0 bridgehead atoms. The Labute approximate surface area is 130 Å². The highest BCUT2D eigenvalue weighted by molar-refractivity contribution is 4.86. The maximum Gasteiger partial charge on any atom is 0.0707 e. The highest BCUT2D eigenvalue weighted by atomic mass is 16.5. The topological polar surface area (TPSA) is 27.7 Å². The second kappa shape index (κ2) is 6.53. The van der Waals surface area contributed by atoms with E-state index in [-0.39, 0.29) is 0 Å². The summed E-state index contributed by atoms with van der Waals surface area (Å²) in [6, 6.07) is 0.804. The number of piperazine rings is 1. The van der Waals surface area contributed by atoms with Gasteiger partial charge in [-0.3, -0.25) is 9.80 Å². The Morgan fingerprint density at radius 1 is 0.952 bits per heavy atom. The van der Waals surface area contributed by atoms with E-state index in [0.29, 0.717) is 17.7 Å². The molecule has 3 aliphatic rings. The van der Waals surface area contributed by atoms with Gasteiger partial charge in [0.25, 0.3) is 0 Å². The summed E-state index contributed by atoms with van der Waals surface area (Å²) in [5.41, 5.74) is 0.315. The van der Waals surface area contributed by atoms with Gasteiger partial charge in [0.15, 0.2) is 0 Å². The molecule has 1 saturated carbocycles. The van der Waals surface area contributed by atoms with Crippen molar-refractivity contribution in [3.63, 3.8) is 0 Å². The Bertz CT molecular complexity index is 329. The van der Waals surface area contributed by atoms with Crippen LogP contribution in [-0.2, 0) is 4.74 Å². The van der Waals surface area contributed by atoms with Crippen LogP contribution in [0.15, 0.2) is 0 Å². The zero-order valence-electron chi connectivity index (χ0n) is 14.1. The summed E-state index contributed by atoms with van der Waals surface area (Å²) in [5, 5.41) is 3.60. The molecule has 21 heavy (non-hydrogen) atoms. The van der Waals surface area contributed by atoms with E-state index in [1.165, 1.54) is 51.9 Å². The van der Waals surface area contributed by atoms with Gasteiger partial charge in [-0.25, -0.2) is 0 Å². The Balaban J connectivity index is 1.34. The van der Waals surface area contributed by atoms with Crippen LogP contribution in [0.4, 0.5) is 0 Å². The molecule has 2 atom stereocenters.